The molecule has 2 fully saturated rings. The summed E-state index contributed by atoms with van der Waals surface area (Å²) in [6.45, 7) is 4.02. The van der Waals surface area contributed by atoms with Crippen LogP contribution < -0.4 is 10.1 Å². The number of carbonyl (C=O) groups is 1. The Bertz CT molecular complexity index is 1380. The number of hydrogen-bond donors (Lipinski definition) is 3. The number of para-hydroxylation sites is 1. The molecule has 3 N–H and O–H groups in total. The summed E-state index contributed by atoms with van der Waals surface area (Å²) in [5.74, 6) is 2.71. The molecule has 2 aromatic carbocycles. The topological polar surface area (TPSA) is 95.7 Å². The zero-order chi connectivity index (χ0) is 25.5. The maximum Gasteiger partial charge on any atom is 0.235 e. The SMILES string of the molecule is COc1ccccc1-c1cnc(C(C(=O)Nc2ccc(-c3c(C)n[nH]c3C)cc2)C(C2CC2)C2CC2)[nH]1. The fourth-order valence-corrected chi connectivity index (χ4v) is 5.79. The largest absolute Gasteiger partial charge is 0.496 e. The van der Waals surface area contributed by atoms with E-state index >= 15 is 0 Å². The molecular formula is C30H33N5O2. The first kappa shape index (κ1) is 23.5. The summed E-state index contributed by atoms with van der Waals surface area (Å²) >= 11 is 0. The third-order valence-corrected chi connectivity index (χ3v) is 7.86. The number of imidazole rings is 1. The molecule has 2 saturated carbocycles. The van der Waals surface area contributed by atoms with Crippen LogP contribution in [0, 0.1) is 31.6 Å². The zero-order valence-corrected chi connectivity index (χ0v) is 21.5. The number of H-pyrrole nitrogens is 2. The molecule has 0 bridgehead atoms. The van der Waals surface area contributed by atoms with E-state index in [0.29, 0.717) is 17.8 Å². The Hall–Kier alpha value is -3.87. The Morgan fingerprint density at radius 3 is 2.35 bits per heavy atom. The van der Waals surface area contributed by atoms with Gasteiger partial charge in [-0.25, -0.2) is 4.98 Å². The molecule has 37 heavy (non-hydrogen) atoms. The summed E-state index contributed by atoms with van der Waals surface area (Å²) < 4.78 is 5.56. The monoisotopic (exact) mass is 495 g/mol. The highest BCUT2D eigenvalue weighted by Crippen LogP contribution is 2.54. The predicted octanol–water partition coefficient (Wildman–Crippen LogP) is 6.25. The van der Waals surface area contributed by atoms with Gasteiger partial charge in [-0.15, -0.1) is 0 Å². The first-order valence-electron chi connectivity index (χ1n) is 13.1. The van der Waals surface area contributed by atoms with Crippen LogP contribution in [0.3, 0.4) is 0 Å². The number of hydrogen-bond acceptors (Lipinski definition) is 4. The average molecular weight is 496 g/mol. The maximum atomic E-state index is 13.9. The van der Waals surface area contributed by atoms with E-state index in [0.717, 1.165) is 51.0 Å². The van der Waals surface area contributed by atoms with Crippen molar-refractivity contribution in [2.24, 2.45) is 17.8 Å². The Morgan fingerprint density at radius 2 is 1.73 bits per heavy atom. The third kappa shape index (κ3) is 4.66. The Balaban J connectivity index is 1.29. The van der Waals surface area contributed by atoms with Crippen LogP contribution in [0.4, 0.5) is 5.69 Å². The Labute approximate surface area is 217 Å². The fourth-order valence-electron chi connectivity index (χ4n) is 5.79. The Morgan fingerprint density at radius 1 is 1.03 bits per heavy atom. The van der Waals surface area contributed by atoms with Crippen molar-refractivity contribution in [2.45, 2.75) is 45.4 Å². The fraction of sp³-hybridized carbons (Fsp3) is 0.367. The molecule has 6 rings (SSSR count). The van der Waals surface area contributed by atoms with Gasteiger partial charge in [0.1, 0.15) is 11.6 Å². The maximum absolute atomic E-state index is 13.9. The van der Waals surface area contributed by atoms with E-state index in [1.54, 1.807) is 7.11 Å². The van der Waals surface area contributed by atoms with Gasteiger partial charge in [-0.1, -0.05) is 24.3 Å². The van der Waals surface area contributed by atoms with Crippen molar-refractivity contribution < 1.29 is 9.53 Å². The van der Waals surface area contributed by atoms with Gasteiger partial charge in [-0.2, -0.15) is 5.10 Å². The molecule has 0 aliphatic heterocycles. The molecule has 7 heteroatoms. The van der Waals surface area contributed by atoms with Gasteiger partial charge in [-0.05, 0) is 87.1 Å². The molecule has 0 saturated heterocycles. The number of anilines is 1. The van der Waals surface area contributed by atoms with E-state index in [-0.39, 0.29) is 11.8 Å². The van der Waals surface area contributed by atoms with Crippen molar-refractivity contribution in [3.63, 3.8) is 0 Å². The number of carbonyl (C=O) groups excluding carboxylic acids is 1. The van der Waals surface area contributed by atoms with Crippen LogP contribution >= 0.6 is 0 Å². The quantitative estimate of drug-likeness (QED) is 0.256. The van der Waals surface area contributed by atoms with E-state index in [1.165, 1.54) is 25.7 Å². The summed E-state index contributed by atoms with van der Waals surface area (Å²) in [6.07, 6.45) is 6.62. The van der Waals surface area contributed by atoms with Crippen molar-refractivity contribution in [3.8, 4) is 28.1 Å². The Kier molecular flexibility index (Phi) is 6.07. The number of benzene rings is 2. The number of methoxy groups -OCH3 is 1. The number of rotatable bonds is 9. The van der Waals surface area contributed by atoms with Gasteiger partial charge < -0.3 is 15.0 Å². The van der Waals surface area contributed by atoms with Gasteiger partial charge in [0, 0.05) is 22.5 Å². The minimum atomic E-state index is -0.318. The molecule has 2 aliphatic carbocycles. The molecule has 2 heterocycles. The number of amides is 1. The highest BCUT2D eigenvalue weighted by molar-refractivity contribution is 5.96. The first-order chi connectivity index (χ1) is 18.0. The van der Waals surface area contributed by atoms with Crippen molar-refractivity contribution in [1.82, 2.24) is 20.2 Å². The summed E-state index contributed by atoms with van der Waals surface area (Å²) in [7, 11) is 1.67. The molecule has 0 radical (unpaired) electrons. The molecule has 1 atom stereocenters. The summed E-state index contributed by atoms with van der Waals surface area (Å²) in [4.78, 5) is 22.2. The molecule has 2 aliphatic rings. The van der Waals surface area contributed by atoms with Crippen LogP contribution in [-0.4, -0.2) is 33.2 Å². The lowest BCUT2D eigenvalue weighted by Crippen LogP contribution is -2.31. The third-order valence-electron chi connectivity index (χ3n) is 7.86. The van der Waals surface area contributed by atoms with Crippen LogP contribution in [0.25, 0.3) is 22.4 Å². The first-order valence-corrected chi connectivity index (χ1v) is 13.1. The lowest BCUT2D eigenvalue weighted by molar-refractivity contribution is -0.119. The van der Waals surface area contributed by atoms with E-state index in [4.69, 9.17) is 9.72 Å². The minimum Gasteiger partial charge on any atom is -0.496 e. The van der Waals surface area contributed by atoms with Gasteiger partial charge in [0.25, 0.3) is 0 Å². The van der Waals surface area contributed by atoms with E-state index in [1.807, 2.05) is 68.6 Å². The second-order valence-corrected chi connectivity index (χ2v) is 10.5. The van der Waals surface area contributed by atoms with Gasteiger partial charge in [0.2, 0.25) is 5.91 Å². The van der Waals surface area contributed by atoms with E-state index < -0.39 is 0 Å². The van der Waals surface area contributed by atoms with Crippen molar-refractivity contribution in [3.05, 3.63) is 71.9 Å². The molecule has 4 aromatic rings. The lowest BCUT2D eigenvalue weighted by Gasteiger charge is -2.25. The zero-order valence-electron chi connectivity index (χ0n) is 21.5. The molecular weight excluding hydrogens is 462 g/mol. The minimum absolute atomic E-state index is 0.00755. The molecule has 0 spiro atoms. The van der Waals surface area contributed by atoms with E-state index in [9.17, 15) is 4.79 Å². The van der Waals surface area contributed by atoms with Crippen molar-refractivity contribution in [1.29, 1.82) is 0 Å². The molecule has 190 valence electrons. The van der Waals surface area contributed by atoms with Gasteiger partial charge >= 0.3 is 0 Å². The van der Waals surface area contributed by atoms with E-state index in [2.05, 4.69) is 20.5 Å². The molecule has 2 aromatic heterocycles. The summed E-state index contributed by atoms with van der Waals surface area (Å²) in [6, 6.07) is 15.9. The van der Waals surface area contributed by atoms with Crippen LogP contribution in [0.15, 0.2) is 54.7 Å². The highest BCUT2D eigenvalue weighted by atomic mass is 16.5. The number of nitrogens with zero attached hydrogens (tertiary/aromatic N) is 2. The number of ether oxygens (including phenoxy) is 1. The second-order valence-electron chi connectivity index (χ2n) is 10.5. The molecule has 1 unspecified atom stereocenters. The summed E-state index contributed by atoms with van der Waals surface area (Å²) in [5.41, 5.74) is 6.80. The van der Waals surface area contributed by atoms with Gasteiger partial charge in [0.05, 0.1) is 30.6 Å². The lowest BCUT2D eigenvalue weighted by atomic mass is 9.82. The normalized spacial score (nSPS) is 16.1. The highest BCUT2D eigenvalue weighted by Gasteiger charge is 2.49. The number of aromatic nitrogens is 4. The second kappa shape index (κ2) is 9.54. The van der Waals surface area contributed by atoms with Crippen LogP contribution in [-0.2, 0) is 4.79 Å². The van der Waals surface area contributed by atoms with Crippen molar-refractivity contribution in [2.75, 3.05) is 12.4 Å². The van der Waals surface area contributed by atoms with Gasteiger partial charge in [-0.3, -0.25) is 9.89 Å². The van der Waals surface area contributed by atoms with Crippen LogP contribution in [0.5, 0.6) is 5.75 Å². The van der Waals surface area contributed by atoms with Gasteiger partial charge in [0.15, 0.2) is 0 Å². The summed E-state index contributed by atoms with van der Waals surface area (Å²) in [5, 5.41) is 10.6. The standard InChI is InChI=1S/C30H33N5O2/c1-17-26(18(2)35-34-17)19-12-14-22(15-13-19)32-30(36)28(27(20-8-9-20)21-10-11-21)29-31-16-24(33-29)23-6-4-5-7-25(23)37-3/h4-7,12-16,20-21,27-28H,8-11H2,1-3H3,(H,31,33)(H,32,36)(H,34,35). The smallest absolute Gasteiger partial charge is 0.235 e. The number of aromatic amines is 2. The molecule has 1 amide bonds. The average Bonchev–Trinajstić information content (AvgIpc) is 3.85. The molecule has 7 nitrogen and oxygen atoms in total. The van der Waals surface area contributed by atoms with Crippen LogP contribution in [0.2, 0.25) is 0 Å². The predicted molar refractivity (Wildman–Crippen MR) is 144 cm³/mol. The van der Waals surface area contributed by atoms with Crippen molar-refractivity contribution >= 4 is 11.6 Å². The van der Waals surface area contributed by atoms with Crippen LogP contribution in [0.1, 0.15) is 48.8 Å². The number of nitrogens with one attached hydrogen (secondary N) is 3. The number of aryl methyl sites for hydroxylation is 2.